The molecule has 29 heavy (non-hydrogen) atoms. The number of rotatable bonds is 6. The van der Waals surface area contributed by atoms with Crippen LogP contribution in [0.2, 0.25) is 5.02 Å². The quantitative estimate of drug-likeness (QED) is 0.635. The first-order valence-corrected chi connectivity index (χ1v) is 10.2. The van der Waals surface area contributed by atoms with E-state index in [1.807, 2.05) is 29.2 Å². The van der Waals surface area contributed by atoms with Crippen LogP contribution in [0, 0.1) is 5.92 Å². The van der Waals surface area contributed by atoms with Crippen molar-refractivity contribution in [2.75, 3.05) is 71.0 Å². The van der Waals surface area contributed by atoms with Gasteiger partial charge < -0.3 is 24.2 Å². The van der Waals surface area contributed by atoms with E-state index in [1.165, 1.54) is 0 Å². The molecule has 0 unspecified atom stereocenters. The molecule has 0 aliphatic carbocycles. The normalized spacial score (nSPS) is 18.0. The summed E-state index contributed by atoms with van der Waals surface area (Å²) in [5.41, 5.74) is 1.15. The largest absolute Gasteiger partial charge is 0.449 e. The summed E-state index contributed by atoms with van der Waals surface area (Å²) in [6.07, 6.45) is 2.00. The Bertz CT molecular complexity index is 590. The second kappa shape index (κ2) is 13.4. The van der Waals surface area contributed by atoms with Gasteiger partial charge in [-0.15, -0.1) is 24.8 Å². The number of ether oxygens (including phenoxy) is 2. The summed E-state index contributed by atoms with van der Waals surface area (Å²) in [5.74, 6) is 0.475. The maximum atomic E-state index is 12.4. The fourth-order valence-electron chi connectivity index (χ4n) is 3.68. The molecule has 2 saturated heterocycles. The zero-order chi connectivity index (χ0) is 19.1. The summed E-state index contributed by atoms with van der Waals surface area (Å²) >= 11 is 5.95. The van der Waals surface area contributed by atoms with E-state index < -0.39 is 0 Å². The van der Waals surface area contributed by atoms with Crippen LogP contribution in [-0.4, -0.2) is 82.0 Å². The summed E-state index contributed by atoms with van der Waals surface area (Å²) in [4.78, 5) is 18.9. The van der Waals surface area contributed by atoms with Gasteiger partial charge in [0.05, 0.1) is 13.2 Å². The maximum absolute atomic E-state index is 12.4. The molecule has 2 aliphatic rings. The van der Waals surface area contributed by atoms with Crippen molar-refractivity contribution < 1.29 is 14.3 Å². The van der Waals surface area contributed by atoms with Crippen molar-refractivity contribution in [3.8, 4) is 0 Å². The summed E-state index contributed by atoms with van der Waals surface area (Å²) in [6.45, 7) is 7.44. The number of carbonyl (C=O) groups excluding carboxylic acids is 1. The maximum Gasteiger partial charge on any atom is 0.409 e. The van der Waals surface area contributed by atoms with E-state index in [9.17, 15) is 4.79 Å². The molecular formula is C20H32Cl3N3O3. The third-order valence-corrected chi connectivity index (χ3v) is 5.74. The lowest BCUT2D eigenvalue weighted by Crippen LogP contribution is -2.49. The van der Waals surface area contributed by atoms with Crippen molar-refractivity contribution in [3.05, 3.63) is 29.3 Å². The van der Waals surface area contributed by atoms with Crippen LogP contribution < -0.4 is 4.90 Å². The van der Waals surface area contributed by atoms with Gasteiger partial charge in [0.15, 0.2) is 0 Å². The Morgan fingerprint density at radius 1 is 1.03 bits per heavy atom. The van der Waals surface area contributed by atoms with Crippen LogP contribution in [0.15, 0.2) is 24.3 Å². The van der Waals surface area contributed by atoms with Crippen LogP contribution in [-0.2, 0) is 9.47 Å². The number of nitrogens with zero attached hydrogens (tertiary/aromatic N) is 3. The molecular weight excluding hydrogens is 437 g/mol. The van der Waals surface area contributed by atoms with Crippen molar-refractivity contribution in [1.82, 2.24) is 9.80 Å². The molecule has 0 saturated carbocycles. The van der Waals surface area contributed by atoms with E-state index in [2.05, 4.69) is 9.80 Å². The minimum atomic E-state index is -0.174. The molecule has 2 aliphatic heterocycles. The molecule has 2 heterocycles. The Morgan fingerprint density at radius 3 is 2.24 bits per heavy atom. The van der Waals surface area contributed by atoms with Gasteiger partial charge in [-0.1, -0.05) is 11.6 Å². The lowest BCUT2D eigenvalue weighted by molar-refractivity contribution is 0.0628. The van der Waals surface area contributed by atoms with Crippen molar-refractivity contribution >= 4 is 48.2 Å². The second-order valence-corrected chi connectivity index (χ2v) is 7.74. The lowest BCUT2D eigenvalue weighted by atomic mass is 9.98. The van der Waals surface area contributed by atoms with Gasteiger partial charge in [0.25, 0.3) is 0 Å². The monoisotopic (exact) mass is 467 g/mol. The Morgan fingerprint density at radius 2 is 1.66 bits per heavy atom. The summed E-state index contributed by atoms with van der Waals surface area (Å²) in [7, 11) is 1.74. The third kappa shape index (κ3) is 8.02. The number of likely N-dealkylation sites (tertiary alicyclic amines) is 1. The first-order chi connectivity index (χ1) is 13.2. The SMILES string of the molecule is COCCN1CCC(COC(=O)N2CCN(c3ccc(Cl)cc3)CC2)CC1.Cl.Cl. The molecule has 0 atom stereocenters. The predicted molar refractivity (Wildman–Crippen MR) is 122 cm³/mol. The number of hydrogen-bond donors (Lipinski definition) is 0. The molecule has 0 aromatic heterocycles. The highest BCUT2D eigenvalue weighted by Crippen LogP contribution is 2.20. The first-order valence-electron chi connectivity index (χ1n) is 9.79. The van der Waals surface area contributed by atoms with Crippen molar-refractivity contribution in [3.63, 3.8) is 0 Å². The molecule has 0 N–H and O–H groups in total. The molecule has 166 valence electrons. The van der Waals surface area contributed by atoms with Crippen LogP contribution >= 0.6 is 36.4 Å². The minimum absolute atomic E-state index is 0. The molecule has 9 heteroatoms. The van der Waals surface area contributed by atoms with Gasteiger partial charge in [-0.05, 0) is 56.1 Å². The average molecular weight is 469 g/mol. The van der Waals surface area contributed by atoms with Gasteiger partial charge in [0.2, 0.25) is 0 Å². The van der Waals surface area contributed by atoms with Gasteiger partial charge in [0, 0.05) is 50.5 Å². The summed E-state index contributed by atoms with van der Waals surface area (Å²) in [5, 5.41) is 0.741. The van der Waals surface area contributed by atoms with Crippen molar-refractivity contribution in [2.45, 2.75) is 12.8 Å². The molecule has 0 spiro atoms. The average Bonchev–Trinajstić information content (AvgIpc) is 2.72. The van der Waals surface area contributed by atoms with Gasteiger partial charge >= 0.3 is 6.09 Å². The summed E-state index contributed by atoms with van der Waals surface area (Å²) in [6, 6.07) is 7.85. The van der Waals surface area contributed by atoms with E-state index >= 15 is 0 Å². The Hall–Kier alpha value is -0.920. The number of piperazine rings is 1. The van der Waals surface area contributed by atoms with Gasteiger partial charge in [-0.3, -0.25) is 0 Å². The first kappa shape index (κ1) is 26.1. The van der Waals surface area contributed by atoms with E-state index in [-0.39, 0.29) is 30.9 Å². The zero-order valence-electron chi connectivity index (χ0n) is 16.9. The Kier molecular flexibility index (Phi) is 12.1. The smallest absolute Gasteiger partial charge is 0.409 e. The molecule has 0 bridgehead atoms. The number of amides is 1. The topological polar surface area (TPSA) is 45.3 Å². The fraction of sp³-hybridized carbons (Fsp3) is 0.650. The highest BCUT2D eigenvalue weighted by molar-refractivity contribution is 6.30. The summed E-state index contributed by atoms with van der Waals surface area (Å²) < 4.78 is 10.7. The fourth-order valence-corrected chi connectivity index (χ4v) is 3.80. The molecule has 1 aromatic carbocycles. The second-order valence-electron chi connectivity index (χ2n) is 7.31. The van der Waals surface area contributed by atoms with Gasteiger partial charge in [0.1, 0.15) is 0 Å². The molecule has 0 radical (unpaired) electrons. The van der Waals surface area contributed by atoms with Crippen molar-refractivity contribution in [2.24, 2.45) is 5.92 Å². The van der Waals surface area contributed by atoms with Crippen LogP contribution in [0.5, 0.6) is 0 Å². The molecule has 3 rings (SSSR count). The predicted octanol–water partition coefficient (Wildman–Crippen LogP) is 3.80. The van der Waals surface area contributed by atoms with Crippen LogP contribution in [0.3, 0.4) is 0 Å². The van der Waals surface area contributed by atoms with Crippen LogP contribution in [0.25, 0.3) is 0 Å². The highest BCUT2D eigenvalue weighted by Gasteiger charge is 2.25. The van der Waals surface area contributed by atoms with Crippen LogP contribution in [0.4, 0.5) is 10.5 Å². The number of carbonyl (C=O) groups is 1. The Labute approximate surface area is 191 Å². The zero-order valence-corrected chi connectivity index (χ0v) is 19.3. The number of methoxy groups -OCH3 is 1. The molecule has 1 aromatic rings. The van der Waals surface area contributed by atoms with E-state index in [0.29, 0.717) is 25.6 Å². The van der Waals surface area contributed by atoms with E-state index in [1.54, 1.807) is 7.11 Å². The van der Waals surface area contributed by atoms with Crippen molar-refractivity contribution in [1.29, 1.82) is 0 Å². The van der Waals surface area contributed by atoms with Gasteiger partial charge in [-0.2, -0.15) is 0 Å². The van der Waals surface area contributed by atoms with Crippen LogP contribution in [0.1, 0.15) is 12.8 Å². The number of piperidine rings is 1. The number of benzene rings is 1. The molecule has 1 amide bonds. The Balaban J connectivity index is 0.00000210. The third-order valence-electron chi connectivity index (χ3n) is 5.49. The molecule has 2 fully saturated rings. The molecule has 6 nitrogen and oxygen atoms in total. The van der Waals surface area contributed by atoms with E-state index in [4.69, 9.17) is 21.1 Å². The standard InChI is InChI=1S/C20H30ClN3O3.2ClH/c1-26-15-14-22-8-6-17(7-9-22)16-27-20(25)24-12-10-23(11-13-24)19-4-2-18(21)3-5-19;;/h2-5,17H,6-16H2,1H3;2*1H. The number of anilines is 1. The van der Waals surface area contributed by atoms with E-state index in [0.717, 1.165) is 62.9 Å². The lowest BCUT2D eigenvalue weighted by Gasteiger charge is -2.36. The number of halogens is 3. The minimum Gasteiger partial charge on any atom is -0.449 e. The number of hydrogen-bond acceptors (Lipinski definition) is 5. The van der Waals surface area contributed by atoms with Gasteiger partial charge in [-0.25, -0.2) is 4.79 Å². The highest BCUT2D eigenvalue weighted by atomic mass is 35.5.